The molecule has 5 atom stereocenters. The van der Waals surface area contributed by atoms with Gasteiger partial charge in [-0.15, -0.1) is 0 Å². The summed E-state index contributed by atoms with van der Waals surface area (Å²) in [6.07, 6.45) is -1.14. The van der Waals surface area contributed by atoms with Crippen molar-refractivity contribution in [1.29, 1.82) is 0 Å². The maximum atomic E-state index is 10.1. The van der Waals surface area contributed by atoms with Crippen LogP contribution in [0.25, 0.3) is 0 Å². The van der Waals surface area contributed by atoms with Crippen LogP contribution in [-0.4, -0.2) is 33.6 Å². The highest BCUT2D eigenvalue weighted by atomic mass is 16.3. The lowest BCUT2D eigenvalue weighted by Crippen LogP contribution is -2.43. The molecule has 0 heterocycles. The molecule has 98 valence electrons. The van der Waals surface area contributed by atoms with Gasteiger partial charge >= 0.3 is 0 Å². The second-order valence-electron chi connectivity index (χ2n) is 6.00. The van der Waals surface area contributed by atoms with E-state index in [0.29, 0.717) is 6.42 Å². The highest BCUT2D eigenvalue weighted by Gasteiger charge is 2.35. The molecule has 0 fully saturated rings. The van der Waals surface area contributed by atoms with E-state index in [9.17, 15) is 15.3 Å². The Balaban J connectivity index is 4.55. The van der Waals surface area contributed by atoms with E-state index in [1.807, 2.05) is 41.5 Å². The van der Waals surface area contributed by atoms with Crippen molar-refractivity contribution in [2.75, 3.05) is 0 Å². The van der Waals surface area contributed by atoms with Crippen LogP contribution in [-0.2, 0) is 0 Å². The molecule has 0 aromatic heterocycles. The van der Waals surface area contributed by atoms with Gasteiger partial charge in [0.05, 0.1) is 18.3 Å². The van der Waals surface area contributed by atoms with E-state index in [-0.39, 0.29) is 17.3 Å². The van der Waals surface area contributed by atoms with Crippen LogP contribution in [0.1, 0.15) is 48.0 Å². The summed E-state index contributed by atoms with van der Waals surface area (Å²) in [5, 5.41) is 29.9. The van der Waals surface area contributed by atoms with E-state index in [1.54, 1.807) is 0 Å². The molecule has 3 N–H and O–H groups in total. The first-order valence-corrected chi connectivity index (χ1v) is 6.17. The summed E-state index contributed by atoms with van der Waals surface area (Å²) in [7, 11) is 0. The predicted octanol–water partition coefficient (Wildman–Crippen LogP) is 1.80. The average molecular weight is 232 g/mol. The van der Waals surface area contributed by atoms with Crippen LogP contribution in [0.2, 0.25) is 0 Å². The first-order valence-electron chi connectivity index (χ1n) is 6.17. The lowest BCUT2D eigenvalue weighted by Gasteiger charge is -2.36. The molecule has 0 aliphatic rings. The van der Waals surface area contributed by atoms with E-state index in [2.05, 4.69) is 0 Å². The first kappa shape index (κ1) is 15.9. The van der Waals surface area contributed by atoms with E-state index in [4.69, 9.17) is 0 Å². The summed E-state index contributed by atoms with van der Waals surface area (Å²) >= 11 is 0. The van der Waals surface area contributed by atoms with Gasteiger partial charge in [-0.2, -0.15) is 0 Å². The Morgan fingerprint density at radius 2 is 1.38 bits per heavy atom. The fourth-order valence-corrected chi connectivity index (χ4v) is 2.05. The van der Waals surface area contributed by atoms with Gasteiger partial charge in [0.25, 0.3) is 0 Å². The Bertz CT molecular complexity index is 198. The normalized spacial score (nSPS) is 22.3. The smallest absolute Gasteiger partial charge is 0.0640 e. The second kappa shape index (κ2) is 5.99. The van der Waals surface area contributed by atoms with Crippen LogP contribution in [0.15, 0.2) is 0 Å². The molecular formula is C13H28O3. The van der Waals surface area contributed by atoms with Gasteiger partial charge in [-0.1, -0.05) is 41.5 Å². The van der Waals surface area contributed by atoms with Crippen molar-refractivity contribution >= 4 is 0 Å². The standard InChI is InChI=1S/C13H28O3/c1-7-10(14)8(2)11(15)9(3)12(16)13(4,5)6/h8-12,14-16H,7H2,1-6H3/t8-,9+,10-,11+,12+/m0/s1. The van der Waals surface area contributed by atoms with Crippen molar-refractivity contribution in [2.45, 2.75) is 66.3 Å². The zero-order valence-corrected chi connectivity index (χ0v) is 11.4. The summed E-state index contributed by atoms with van der Waals surface area (Å²) in [5.41, 5.74) is -0.253. The van der Waals surface area contributed by atoms with Gasteiger partial charge in [0.15, 0.2) is 0 Å². The Morgan fingerprint density at radius 3 is 1.69 bits per heavy atom. The van der Waals surface area contributed by atoms with Gasteiger partial charge in [-0.3, -0.25) is 0 Å². The molecule has 0 spiro atoms. The number of hydrogen-bond donors (Lipinski definition) is 3. The largest absolute Gasteiger partial charge is 0.393 e. The number of aliphatic hydroxyl groups is 3. The van der Waals surface area contributed by atoms with Crippen LogP contribution in [0, 0.1) is 17.3 Å². The van der Waals surface area contributed by atoms with Gasteiger partial charge in [-0.25, -0.2) is 0 Å². The average Bonchev–Trinajstić information content (AvgIpc) is 2.22. The van der Waals surface area contributed by atoms with Crippen molar-refractivity contribution in [3.63, 3.8) is 0 Å². The first-order chi connectivity index (χ1) is 7.12. The molecule has 0 aliphatic heterocycles. The maximum absolute atomic E-state index is 10.1. The third-order valence-electron chi connectivity index (χ3n) is 3.49. The minimum atomic E-state index is -0.677. The Hall–Kier alpha value is -0.120. The van der Waals surface area contributed by atoms with Crippen LogP contribution >= 0.6 is 0 Å². The molecule has 0 unspecified atom stereocenters. The van der Waals surface area contributed by atoms with E-state index in [0.717, 1.165) is 0 Å². The fourth-order valence-electron chi connectivity index (χ4n) is 2.05. The van der Waals surface area contributed by atoms with E-state index in [1.165, 1.54) is 0 Å². The minimum Gasteiger partial charge on any atom is -0.393 e. The molecule has 0 aromatic rings. The van der Waals surface area contributed by atoms with Crippen LogP contribution in [0.5, 0.6) is 0 Å². The summed E-state index contributed by atoms with van der Waals surface area (Å²) < 4.78 is 0. The fraction of sp³-hybridized carbons (Fsp3) is 1.00. The molecule has 0 saturated carbocycles. The Labute approximate surface area is 99.5 Å². The number of rotatable bonds is 5. The number of aliphatic hydroxyl groups excluding tert-OH is 3. The highest BCUT2D eigenvalue weighted by molar-refractivity contribution is 4.85. The Morgan fingerprint density at radius 1 is 0.938 bits per heavy atom. The van der Waals surface area contributed by atoms with Gasteiger partial charge < -0.3 is 15.3 Å². The van der Waals surface area contributed by atoms with Crippen molar-refractivity contribution in [2.24, 2.45) is 17.3 Å². The van der Waals surface area contributed by atoms with Gasteiger partial charge in [-0.05, 0) is 11.8 Å². The lowest BCUT2D eigenvalue weighted by atomic mass is 9.76. The zero-order valence-electron chi connectivity index (χ0n) is 11.4. The van der Waals surface area contributed by atoms with Gasteiger partial charge in [0.1, 0.15) is 0 Å². The summed E-state index contributed by atoms with van der Waals surface area (Å²) in [6, 6.07) is 0. The molecular weight excluding hydrogens is 204 g/mol. The SMILES string of the molecule is CC[C@H](O)[C@H](C)[C@@H](O)[C@@H](C)[C@@H](O)C(C)(C)C. The summed E-state index contributed by atoms with van der Waals surface area (Å²) in [6.45, 7) is 11.4. The van der Waals surface area contributed by atoms with Crippen molar-refractivity contribution < 1.29 is 15.3 Å². The third-order valence-corrected chi connectivity index (χ3v) is 3.49. The summed E-state index contributed by atoms with van der Waals surface area (Å²) in [5.74, 6) is -0.451. The topological polar surface area (TPSA) is 60.7 Å². The van der Waals surface area contributed by atoms with Crippen molar-refractivity contribution in [3.05, 3.63) is 0 Å². The van der Waals surface area contributed by atoms with E-state index < -0.39 is 18.3 Å². The van der Waals surface area contributed by atoms with Crippen molar-refractivity contribution in [3.8, 4) is 0 Å². The predicted molar refractivity (Wildman–Crippen MR) is 66.1 cm³/mol. The molecule has 0 aliphatic carbocycles. The van der Waals surface area contributed by atoms with Crippen molar-refractivity contribution in [1.82, 2.24) is 0 Å². The lowest BCUT2D eigenvalue weighted by molar-refractivity contribution is -0.0746. The maximum Gasteiger partial charge on any atom is 0.0640 e. The molecule has 0 amide bonds. The monoisotopic (exact) mass is 232 g/mol. The molecule has 16 heavy (non-hydrogen) atoms. The Kier molecular flexibility index (Phi) is 5.94. The molecule has 3 nitrogen and oxygen atoms in total. The van der Waals surface area contributed by atoms with E-state index >= 15 is 0 Å². The molecule has 0 bridgehead atoms. The number of hydrogen-bond acceptors (Lipinski definition) is 3. The molecule has 0 aromatic carbocycles. The molecule has 0 rings (SSSR count). The quantitative estimate of drug-likeness (QED) is 0.677. The molecule has 0 saturated heterocycles. The second-order valence-corrected chi connectivity index (χ2v) is 6.00. The van der Waals surface area contributed by atoms with Crippen LogP contribution < -0.4 is 0 Å². The summed E-state index contributed by atoms with van der Waals surface area (Å²) in [4.78, 5) is 0. The van der Waals surface area contributed by atoms with Crippen LogP contribution in [0.4, 0.5) is 0 Å². The van der Waals surface area contributed by atoms with Gasteiger partial charge in [0, 0.05) is 11.8 Å². The molecule has 3 heteroatoms. The third kappa shape index (κ3) is 4.04. The minimum absolute atomic E-state index is 0.211. The highest BCUT2D eigenvalue weighted by Crippen LogP contribution is 2.30. The van der Waals surface area contributed by atoms with Gasteiger partial charge in [0.2, 0.25) is 0 Å². The van der Waals surface area contributed by atoms with Crippen LogP contribution in [0.3, 0.4) is 0 Å². The molecule has 0 radical (unpaired) electrons. The zero-order chi connectivity index (χ0) is 13.1.